The van der Waals surface area contributed by atoms with Crippen LogP contribution in [-0.4, -0.2) is 6.21 Å². The maximum Gasteiger partial charge on any atom is 0.0321 e. The first kappa shape index (κ1) is 10.3. The van der Waals surface area contributed by atoms with Crippen LogP contribution in [0.2, 0.25) is 0 Å². The number of hydrogen-bond donors (Lipinski definition) is 1. The number of nitrogens with zero attached hydrogens (tertiary/aromatic N) is 1. The molecule has 0 saturated heterocycles. The van der Waals surface area contributed by atoms with Gasteiger partial charge in [0, 0.05) is 18.3 Å². The molecule has 1 unspecified atom stereocenters. The molecule has 0 aromatic carbocycles. The van der Waals surface area contributed by atoms with Gasteiger partial charge in [-0.05, 0) is 16.9 Å². The van der Waals surface area contributed by atoms with Gasteiger partial charge in [-0.2, -0.15) is 5.10 Å². The molecule has 0 fully saturated rings. The molecule has 0 bridgehead atoms. The van der Waals surface area contributed by atoms with Crippen molar-refractivity contribution in [3.63, 3.8) is 0 Å². The van der Waals surface area contributed by atoms with E-state index in [9.17, 15) is 0 Å². The van der Waals surface area contributed by atoms with E-state index in [0.29, 0.717) is 11.8 Å². The first-order valence-corrected chi connectivity index (χ1v) is 4.92. The molecule has 0 aromatic rings. The molecule has 0 spiro atoms. The van der Waals surface area contributed by atoms with E-state index >= 15 is 0 Å². The van der Waals surface area contributed by atoms with E-state index in [2.05, 4.69) is 45.1 Å². The molecule has 0 saturated carbocycles. The van der Waals surface area contributed by atoms with Crippen LogP contribution in [0.15, 0.2) is 16.9 Å². The number of hydrogen-bond acceptors (Lipinski definition) is 2. The average Bonchev–Trinajstić information content (AvgIpc) is 2.03. The molecular weight excluding hydrogens is 160 g/mol. The van der Waals surface area contributed by atoms with Gasteiger partial charge in [-0.15, -0.1) is 0 Å². The molecule has 1 aliphatic rings. The van der Waals surface area contributed by atoms with Crippen molar-refractivity contribution in [1.82, 2.24) is 5.43 Å². The summed E-state index contributed by atoms with van der Waals surface area (Å²) in [7, 11) is 0. The molecule has 2 nitrogen and oxygen atoms in total. The van der Waals surface area contributed by atoms with Gasteiger partial charge < -0.3 is 0 Å². The Morgan fingerprint density at radius 1 is 1.38 bits per heavy atom. The molecule has 0 radical (unpaired) electrons. The summed E-state index contributed by atoms with van der Waals surface area (Å²) in [5, 5.41) is 4.09. The standard InChI is InChI=1S/C11H20N2/c1-8(2)9-6-12-13-7-10(9)11(3,4)5/h6-9,13H,1-5H3. The van der Waals surface area contributed by atoms with E-state index in [1.807, 2.05) is 12.4 Å². The van der Waals surface area contributed by atoms with Crippen LogP contribution < -0.4 is 5.43 Å². The molecule has 1 N–H and O–H groups in total. The fourth-order valence-electron chi connectivity index (χ4n) is 1.65. The van der Waals surface area contributed by atoms with Crippen LogP contribution in [0.1, 0.15) is 34.6 Å². The molecule has 1 aliphatic heterocycles. The van der Waals surface area contributed by atoms with Gasteiger partial charge in [0.15, 0.2) is 0 Å². The van der Waals surface area contributed by atoms with Crippen molar-refractivity contribution in [3.8, 4) is 0 Å². The summed E-state index contributed by atoms with van der Waals surface area (Å²) >= 11 is 0. The largest absolute Gasteiger partial charge is 0.286 e. The van der Waals surface area contributed by atoms with Gasteiger partial charge in [-0.3, -0.25) is 5.43 Å². The van der Waals surface area contributed by atoms with Crippen molar-refractivity contribution in [2.45, 2.75) is 34.6 Å². The second-order valence-corrected chi connectivity index (χ2v) is 5.03. The van der Waals surface area contributed by atoms with Crippen LogP contribution in [0.5, 0.6) is 0 Å². The maximum atomic E-state index is 4.09. The first-order chi connectivity index (χ1) is 5.93. The van der Waals surface area contributed by atoms with E-state index in [0.717, 1.165) is 0 Å². The molecule has 1 atom stereocenters. The monoisotopic (exact) mass is 180 g/mol. The number of rotatable bonds is 1. The third kappa shape index (κ3) is 2.33. The highest BCUT2D eigenvalue weighted by molar-refractivity contribution is 5.67. The van der Waals surface area contributed by atoms with Crippen molar-refractivity contribution in [2.75, 3.05) is 0 Å². The lowest BCUT2D eigenvalue weighted by Crippen LogP contribution is -2.28. The van der Waals surface area contributed by atoms with Crippen LogP contribution >= 0.6 is 0 Å². The van der Waals surface area contributed by atoms with E-state index < -0.39 is 0 Å². The smallest absolute Gasteiger partial charge is 0.0321 e. The van der Waals surface area contributed by atoms with Crippen molar-refractivity contribution in [2.24, 2.45) is 22.4 Å². The molecule has 1 rings (SSSR count). The molecule has 2 heteroatoms. The second kappa shape index (κ2) is 3.52. The van der Waals surface area contributed by atoms with Gasteiger partial charge in [0.05, 0.1) is 0 Å². The van der Waals surface area contributed by atoms with Crippen LogP contribution in [0.4, 0.5) is 0 Å². The Hall–Kier alpha value is -0.790. The summed E-state index contributed by atoms with van der Waals surface area (Å²) in [6.07, 6.45) is 4.07. The summed E-state index contributed by atoms with van der Waals surface area (Å²) in [6.45, 7) is 11.2. The third-order valence-corrected chi connectivity index (χ3v) is 2.47. The van der Waals surface area contributed by atoms with Crippen LogP contribution in [0.3, 0.4) is 0 Å². The fraction of sp³-hybridized carbons (Fsp3) is 0.727. The van der Waals surface area contributed by atoms with Gasteiger partial charge in [0.2, 0.25) is 0 Å². The zero-order valence-electron chi connectivity index (χ0n) is 9.26. The summed E-state index contributed by atoms with van der Waals surface area (Å²) in [4.78, 5) is 0. The highest BCUT2D eigenvalue weighted by Gasteiger charge is 2.27. The molecule has 1 heterocycles. The molecule has 0 amide bonds. The normalized spacial score (nSPS) is 22.9. The van der Waals surface area contributed by atoms with Crippen LogP contribution in [0, 0.1) is 17.3 Å². The third-order valence-electron chi connectivity index (χ3n) is 2.47. The highest BCUT2D eigenvalue weighted by atomic mass is 15.3. The Balaban J connectivity index is 2.88. The van der Waals surface area contributed by atoms with Crippen molar-refractivity contribution in [3.05, 3.63) is 11.8 Å². The summed E-state index contributed by atoms with van der Waals surface area (Å²) in [6, 6.07) is 0. The van der Waals surface area contributed by atoms with Crippen molar-refractivity contribution >= 4 is 6.21 Å². The highest BCUT2D eigenvalue weighted by Crippen LogP contribution is 2.34. The minimum atomic E-state index is 0.231. The molecular formula is C11H20N2. The van der Waals surface area contributed by atoms with Crippen molar-refractivity contribution in [1.29, 1.82) is 0 Å². The minimum Gasteiger partial charge on any atom is -0.286 e. The Morgan fingerprint density at radius 2 is 2.00 bits per heavy atom. The lowest BCUT2D eigenvalue weighted by Gasteiger charge is -2.32. The summed E-state index contributed by atoms with van der Waals surface area (Å²) in [5.41, 5.74) is 4.61. The van der Waals surface area contributed by atoms with Gasteiger partial charge >= 0.3 is 0 Å². The Bertz CT molecular complexity index is 231. The van der Waals surface area contributed by atoms with Crippen LogP contribution in [0.25, 0.3) is 0 Å². The van der Waals surface area contributed by atoms with Gasteiger partial charge in [0.1, 0.15) is 0 Å². The Kier molecular flexibility index (Phi) is 2.79. The lowest BCUT2D eigenvalue weighted by atomic mass is 9.75. The minimum absolute atomic E-state index is 0.231. The average molecular weight is 180 g/mol. The quantitative estimate of drug-likeness (QED) is 0.659. The topological polar surface area (TPSA) is 24.4 Å². The Morgan fingerprint density at radius 3 is 2.38 bits per heavy atom. The van der Waals surface area contributed by atoms with Gasteiger partial charge in [-0.1, -0.05) is 34.6 Å². The maximum absolute atomic E-state index is 4.09. The molecule has 74 valence electrons. The fourth-order valence-corrected chi connectivity index (χ4v) is 1.65. The van der Waals surface area contributed by atoms with Gasteiger partial charge in [-0.25, -0.2) is 0 Å². The lowest BCUT2D eigenvalue weighted by molar-refractivity contribution is 0.407. The predicted octanol–water partition coefficient (Wildman–Crippen LogP) is 2.78. The zero-order valence-corrected chi connectivity index (χ0v) is 9.26. The Labute approximate surface area is 81.1 Å². The number of allylic oxidation sites excluding steroid dienone is 1. The van der Waals surface area contributed by atoms with E-state index in [-0.39, 0.29) is 5.41 Å². The SMILES string of the molecule is CC(C)C1C=NNC=C1C(C)(C)C. The second-order valence-electron chi connectivity index (χ2n) is 5.03. The van der Waals surface area contributed by atoms with E-state index in [4.69, 9.17) is 0 Å². The molecule has 0 aromatic heterocycles. The van der Waals surface area contributed by atoms with Gasteiger partial charge in [0.25, 0.3) is 0 Å². The first-order valence-electron chi connectivity index (χ1n) is 4.92. The summed E-state index contributed by atoms with van der Waals surface area (Å²) in [5.74, 6) is 1.11. The van der Waals surface area contributed by atoms with Crippen LogP contribution in [-0.2, 0) is 0 Å². The molecule has 0 aliphatic carbocycles. The molecule has 13 heavy (non-hydrogen) atoms. The number of nitrogens with one attached hydrogen (secondary N) is 1. The van der Waals surface area contributed by atoms with Crippen molar-refractivity contribution < 1.29 is 0 Å². The van der Waals surface area contributed by atoms with E-state index in [1.165, 1.54) is 5.57 Å². The summed E-state index contributed by atoms with van der Waals surface area (Å²) < 4.78 is 0. The zero-order chi connectivity index (χ0) is 10.1. The van der Waals surface area contributed by atoms with E-state index in [1.54, 1.807) is 0 Å². The number of hydrazone groups is 1. The predicted molar refractivity (Wildman–Crippen MR) is 57.5 cm³/mol.